The van der Waals surface area contributed by atoms with Crippen molar-refractivity contribution in [2.24, 2.45) is 0 Å². The summed E-state index contributed by atoms with van der Waals surface area (Å²) >= 11 is 0. The maximum atomic E-state index is 11.9. The number of anilines is 1. The molecule has 0 aliphatic carbocycles. The molecule has 102 valence electrons. The molecule has 1 aliphatic rings. The lowest BCUT2D eigenvalue weighted by Gasteiger charge is -2.19. The topological polar surface area (TPSA) is 103 Å². The second-order valence-corrected chi connectivity index (χ2v) is 4.84. The van der Waals surface area contributed by atoms with Crippen LogP contribution in [0.5, 0.6) is 0 Å². The van der Waals surface area contributed by atoms with E-state index in [-0.39, 0.29) is 18.3 Å². The minimum atomic E-state index is -1.12. The van der Waals surface area contributed by atoms with Crippen molar-refractivity contribution < 1.29 is 19.8 Å². The van der Waals surface area contributed by atoms with Crippen LogP contribution in [0.25, 0.3) is 0 Å². The molecule has 7 heteroatoms. The zero-order valence-corrected chi connectivity index (χ0v) is 10.5. The number of nitrogens with one attached hydrogen (secondary N) is 1. The Hall–Kier alpha value is -2.15. The van der Waals surface area contributed by atoms with Crippen molar-refractivity contribution >= 4 is 17.7 Å². The van der Waals surface area contributed by atoms with Crippen LogP contribution in [0.3, 0.4) is 0 Å². The Labute approximate surface area is 109 Å². The highest BCUT2D eigenvalue weighted by atomic mass is 16.4. The Morgan fingerprint density at radius 2 is 2.21 bits per heavy atom. The van der Waals surface area contributed by atoms with Crippen molar-refractivity contribution in [2.45, 2.75) is 18.9 Å². The predicted molar refractivity (Wildman–Crippen MR) is 67.0 cm³/mol. The Bertz CT molecular complexity index is 498. The highest BCUT2D eigenvalue weighted by Gasteiger charge is 2.33. The Morgan fingerprint density at radius 3 is 2.68 bits per heavy atom. The second-order valence-electron chi connectivity index (χ2n) is 4.84. The molecular formula is C12H15N3O4. The molecule has 1 aromatic rings. The van der Waals surface area contributed by atoms with Crippen molar-refractivity contribution in [3.63, 3.8) is 0 Å². The molecule has 1 saturated heterocycles. The van der Waals surface area contributed by atoms with Gasteiger partial charge in [0.2, 0.25) is 0 Å². The predicted octanol–water partition coefficient (Wildman–Crippen LogP) is 0.768. The summed E-state index contributed by atoms with van der Waals surface area (Å²) in [5.74, 6) is -1.12. The first-order valence-corrected chi connectivity index (χ1v) is 5.85. The molecule has 1 aliphatic heterocycles. The first-order valence-electron chi connectivity index (χ1n) is 5.85. The number of β-amino-alcohol motifs (C(OH)–C–C–N with tert-alkyl or cyclic N) is 1. The SMILES string of the molecule is CC1(O)CCN(C(=O)Nc2ccc(C(=O)O)nc2)C1. The third-order valence-electron chi connectivity index (χ3n) is 2.97. The lowest BCUT2D eigenvalue weighted by molar-refractivity contribution is 0.0689. The summed E-state index contributed by atoms with van der Waals surface area (Å²) in [5.41, 5.74) is -0.508. The molecule has 0 bridgehead atoms. The van der Waals surface area contributed by atoms with Gasteiger partial charge in [0.1, 0.15) is 5.69 Å². The fourth-order valence-electron chi connectivity index (χ4n) is 1.92. The van der Waals surface area contributed by atoms with E-state index in [0.717, 1.165) is 0 Å². The smallest absolute Gasteiger partial charge is 0.354 e. The fraction of sp³-hybridized carbons (Fsp3) is 0.417. The third kappa shape index (κ3) is 3.19. The number of amides is 2. The normalized spacial score (nSPS) is 22.3. The monoisotopic (exact) mass is 265 g/mol. The zero-order valence-electron chi connectivity index (χ0n) is 10.5. The summed E-state index contributed by atoms with van der Waals surface area (Å²) in [7, 11) is 0. The second kappa shape index (κ2) is 4.85. The number of urea groups is 1. The van der Waals surface area contributed by atoms with Crippen molar-refractivity contribution in [2.75, 3.05) is 18.4 Å². The Balaban J connectivity index is 1.98. The van der Waals surface area contributed by atoms with Gasteiger partial charge in [-0.15, -0.1) is 0 Å². The molecule has 3 N–H and O–H groups in total. The van der Waals surface area contributed by atoms with Gasteiger partial charge in [-0.3, -0.25) is 0 Å². The first kappa shape index (κ1) is 13.3. The van der Waals surface area contributed by atoms with E-state index in [9.17, 15) is 14.7 Å². The van der Waals surface area contributed by atoms with Crippen molar-refractivity contribution in [3.05, 3.63) is 24.0 Å². The molecule has 19 heavy (non-hydrogen) atoms. The third-order valence-corrected chi connectivity index (χ3v) is 2.97. The average molecular weight is 265 g/mol. The summed E-state index contributed by atoms with van der Waals surface area (Å²) in [4.78, 5) is 27.7. The highest BCUT2D eigenvalue weighted by Crippen LogP contribution is 2.21. The van der Waals surface area contributed by atoms with Gasteiger partial charge in [-0.2, -0.15) is 0 Å². The molecular weight excluding hydrogens is 250 g/mol. The highest BCUT2D eigenvalue weighted by molar-refractivity contribution is 5.90. The number of aromatic carboxylic acids is 1. The lowest BCUT2D eigenvalue weighted by Crippen LogP contribution is -2.36. The summed E-state index contributed by atoms with van der Waals surface area (Å²) in [6.45, 7) is 2.45. The largest absolute Gasteiger partial charge is 0.477 e. The van der Waals surface area contributed by atoms with Gasteiger partial charge >= 0.3 is 12.0 Å². The molecule has 0 saturated carbocycles. The lowest BCUT2D eigenvalue weighted by atomic mass is 10.1. The molecule has 2 amide bonds. The minimum Gasteiger partial charge on any atom is -0.477 e. The van der Waals surface area contributed by atoms with Gasteiger partial charge < -0.3 is 20.4 Å². The van der Waals surface area contributed by atoms with Crippen LogP contribution < -0.4 is 5.32 Å². The van der Waals surface area contributed by atoms with E-state index in [1.807, 2.05) is 0 Å². The van der Waals surface area contributed by atoms with Gasteiger partial charge in [0, 0.05) is 6.54 Å². The molecule has 1 aromatic heterocycles. The fourth-order valence-corrected chi connectivity index (χ4v) is 1.92. The maximum Gasteiger partial charge on any atom is 0.354 e. The van der Waals surface area contributed by atoms with E-state index in [1.54, 1.807) is 6.92 Å². The number of aromatic nitrogens is 1. The standard InChI is InChI=1S/C12H15N3O4/c1-12(19)4-5-15(7-12)11(18)14-8-2-3-9(10(16)17)13-6-8/h2-3,6,19H,4-5,7H2,1H3,(H,14,18)(H,16,17). The number of carbonyl (C=O) groups is 2. The number of aliphatic hydroxyl groups is 1. The number of hydrogen-bond acceptors (Lipinski definition) is 4. The molecule has 1 atom stereocenters. The first-order chi connectivity index (χ1) is 8.87. The number of hydrogen-bond donors (Lipinski definition) is 3. The van der Waals surface area contributed by atoms with Crippen LogP contribution in [0, 0.1) is 0 Å². The van der Waals surface area contributed by atoms with Crippen LogP contribution in [0.2, 0.25) is 0 Å². The van der Waals surface area contributed by atoms with E-state index in [2.05, 4.69) is 10.3 Å². The van der Waals surface area contributed by atoms with E-state index in [0.29, 0.717) is 18.7 Å². The number of nitrogens with zero attached hydrogens (tertiary/aromatic N) is 2. The number of rotatable bonds is 2. The molecule has 0 aromatic carbocycles. The van der Waals surface area contributed by atoms with Gasteiger partial charge in [-0.25, -0.2) is 14.6 Å². The summed E-state index contributed by atoms with van der Waals surface area (Å²) in [6, 6.07) is 2.46. The van der Waals surface area contributed by atoms with E-state index in [1.165, 1.54) is 23.2 Å². The van der Waals surface area contributed by atoms with E-state index < -0.39 is 11.6 Å². The maximum absolute atomic E-state index is 11.9. The number of carboxylic acid groups (broad SMARTS) is 1. The van der Waals surface area contributed by atoms with Crippen molar-refractivity contribution in [1.29, 1.82) is 0 Å². The van der Waals surface area contributed by atoms with Gasteiger partial charge in [0.15, 0.2) is 0 Å². The van der Waals surface area contributed by atoms with Crippen LogP contribution in [0.15, 0.2) is 18.3 Å². The van der Waals surface area contributed by atoms with Crippen LogP contribution >= 0.6 is 0 Å². The van der Waals surface area contributed by atoms with Gasteiger partial charge in [-0.1, -0.05) is 0 Å². The number of likely N-dealkylation sites (tertiary alicyclic amines) is 1. The Kier molecular flexibility index (Phi) is 3.39. The van der Waals surface area contributed by atoms with Crippen LogP contribution in [-0.2, 0) is 0 Å². The molecule has 2 rings (SSSR count). The summed E-state index contributed by atoms with van der Waals surface area (Å²) in [6.07, 6.45) is 1.83. The average Bonchev–Trinajstić information content (AvgIpc) is 2.70. The van der Waals surface area contributed by atoms with Crippen molar-refractivity contribution in [3.8, 4) is 0 Å². The van der Waals surface area contributed by atoms with E-state index in [4.69, 9.17) is 5.11 Å². The molecule has 0 radical (unpaired) electrons. The van der Waals surface area contributed by atoms with Gasteiger partial charge in [0.05, 0.1) is 24.0 Å². The molecule has 2 heterocycles. The summed E-state index contributed by atoms with van der Waals surface area (Å²) in [5, 5.41) is 21.1. The van der Waals surface area contributed by atoms with Gasteiger partial charge in [-0.05, 0) is 25.5 Å². The molecule has 7 nitrogen and oxygen atoms in total. The number of pyridine rings is 1. The number of carboxylic acids is 1. The van der Waals surface area contributed by atoms with E-state index >= 15 is 0 Å². The van der Waals surface area contributed by atoms with Crippen LogP contribution in [0.4, 0.5) is 10.5 Å². The Morgan fingerprint density at radius 1 is 1.47 bits per heavy atom. The summed E-state index contributed by atoms with van der Waals surface area (Å²) < 4.78 is 0. The molecule has 0 spiro atoms. The van der Waals surface area contributed by atoms with Crippen LogP contribution in [-0.4, -0.2) is 50.8 Å². The minimum absolute atomic E-state index is 0.0814. The van der Waals surface area contributed by atoms with Gasteiger partial charge in [0.25, 0.3) is 0 Å². The quantitative estimate of drug-likeness (QED) is 0.732. The molecule has 1 fully saturated rings. The van der Waals surface area contributed by atoms with Crippen molar-refractivity contribution in [1.82, 2.24) is 9.88 Å². The van der Waals surface area contributed by atoms with Crippen LogP contribution in [0.1, 0.15) is 23.8 Å². The molecule has 1 unspecified atom stereocenters. The zero-order chi connectivity index (χ0) is 14.0. The number of carbonyl (C=O) groups excluding carboxylic acids is 1.